The Morgan fingerprint density at radius 1 is 1.12 bits per heavy atom. The highest BCUT2D eigenvalue weighted by Gasteiger charge is 2.25. The first-order chi connectivity index (χ1) is 7.20. The summed E-state index contributed by atoms with van der Waals surface area (Å²) in [4.78, 5) is 11.5. The quantitative estimate of drug-likeness (QED) is 0.369. The standard InChI is InChI=1S/C8H5Br3O5/c9-8(10,11)16-7(15)3-1-4(12)6(14)5(13)2-3/h1-2,12-14H. The van der Waals surface area contributed by atoms with E-state index in [9.17, 15) is 15.0 Å². The normalized spacial score (nSPS) is 11.2. The van der Waals surface area contributed by atoms with E-state index in [1.54, 1.807) is 0 Å². The van der Waals surface area contributed by atoms with Crippen LogP contribution in [0.3, 0.4) is 0 Å². The fourth-order valence-corrected chi connectivity index (χ4v) is 1.33. The van der Waals surface area contributed by atoms with Crippen molar-refractivity contribution in [1.29, 1.82) is 0 Å². The fraction of sp³-hybridized carbons (Fsp3) is 0.125. The summed E-state index contributed by atoms with van der Waals surface area (Å²) in [7, 11) is 0. The molecule has 0 atom stereocenters. The number of hydrogen-bond donors (Lipinski definition) is 3. The van der Waals surface area contributed by atoms with Gasteiger partial charge >= 0.3 is 5.97 Å². The summed E-state index contributed by atoms with van der Waals surface area (Å²) in [6.45, 7) is 0. The molecule has 0 spiro atoms. The molecule has 1 aromatic rings. The van der Waals surface area contributed by atoms with Gasteiger partial charge in [-0.25, -0.2) is 4.79 Å². The summed E-state index contributed by atoms with van der Waals surface area (Å²) < 4.78 is 3.55. The maximum Gasteiger partial charge on any atom is 0.341 e. The molecule has 0 bridgehead atoms. The van der Waals surface area contributed by atoms with Gasteiger partial charge in [-0.15, -0.1) is 0 Å². The minimum Gasteiger partial charge on any atom is -0.504 e. The number of hydrogen-bond acceptors (Lipinski definition) is 5. The molecule has 0 fully saturated rings. The zero-order chi connectivity index (χ0) is 12.5. The van der Waals surface area contributed by atoms with E-state index in [-0.39, 0.29) is 5.56 Å². The summed E-state index contributed by atoms with van der Waals surface area (Å²) in [6, 6.07) is 1.94. The second-order valence-electron chi connectivity index (χ2n) is 2.70. The number of carbonyl (C=O) groups excluding carboxylic acids is 1. The molecule has 0 aliphatic carbocycles. The van der Waals surface area contributed by atoms with Crippen LogP contribution in [0.5, 0.6) is 17.2 Å². The number of aromatic hydroxyl groups is 3. The van der Waals surface area contributed by atoms with Crippen LogP contribution in [0, 0.1) is 0 Å². The van der Waals surface area contributed by atoms with Crippen molar-refractivity contribution < 1.29 is 24.9 Å². The van der Waals surface area contributed by atoms with Crippen molar-refractivity contribution in [2.24, 2.45) is 0 Å². The number of halogens is 3. The van der Waals surface area contributed by atoms with Gasteiger partial charge in [0.05, 0.1) is 5.56 Å². The van der Waals surface area contributed by atoms with Gasteiger partial charge in [-0.05, 0) is 59.9 Å². The van der Waals surface area contributed by atoms with Crippen LogP contribution in [0.1, 0.15) is 10.4 Å². The lowest BCUT2D eigenvalue weighted by atomic mass is 10.2. The van der Waals surface area contributed by atoms with Gasteiger partial charge in [0.15, 0.2) is 17.2 Å². The summed E-state index contributed by atoms with van der Waals surface area (Å²) in [5, 5.41) is 27.4. The molecule has 0 amide bonds. The van der Waals surface area contributed by atoms with Gasteiger partial charge in [-0.3, -0.25) is 0 Å². The molecule has 8 heteroatoms. The molecule has 3 N–H and O–H groups in total. The van der Waals surface area contributed by atoms with Crippen molar-refractivity contribution in [3.8, 4) is 17.2 Å². The summed E-state index contributed by atoms with van der Waals surface area (Å²) in [6.07, 6.45) is 0. The van der Waals surface area contributed by atoms with E-state index in [2.05, 4.69) is 47.8 Å². The Morgan fingerprint density at radius 3 is 1.94 bits per heavy atom. The Hall–Kier alpha value is -0.470. The van der Waals surface area contributed by atoms with Gasteiger partial charge in [0.1, 0.15) is 0 Å². The van der Waals surface area contributed by atoms with Crippen LogP contribution in [0.15, 0.2) is 12.1 Å². The predicted octanol–water partition coefficient (Wildman–Crippen LogP) is 2.76. The highest BCUT2D eigenvalue weighted by atomic mass is 80.0. The largest absolute Gasteiger partial charge is 0.504 e. The van der Waals surface area contributed by atoms with Gasteiger partial charge < -0.3 is 20.1 Å². The van der Waals surface area contributed by atoms with Crippen LogP contribution in [0.4, 0.5) is 0 Å². The number of carbonyl (C=O) groups is 1. The number of phenols is 3. The van der Waals surface area contributed by atoms with E-state index in [1.165, 1.54) is 0 Å². The highest BCUT2D eigenvalue weighted by molar-refractivity contribution is 9.39. The number of alkyl halides is 3. The van der Waals surface area contributed by atoms with Crippen molar-refractivity contribution in [2.45, 2.75) is 2.33 Å². The lowest BCUT2D eigenvalue weighted by Crippen LogP contribution is -2.14. The predicted molar refractivity (Wildman–Crippen MR) is 66.4 cm³/mol. The van der Waals surface area contributed by atoms with E-state index >= 15 is 0 Å². The Balaban J connectivity index is 3.02. The molecule has 1 aromatic carbocycles. The molecular formula is C8H5Br3O5. The fourth-order valence-electron chi connectivity index (χ4n) is 0.886. The van der Waals surface area contributed by atoms with Gasteiger partial charge in [0.2, 0.25) is 0 Å². The maximum absolute atomic E-state index is 11.5. The summed E-state index contributed by atoms with van der Waals surface area (Å²) >= 11 is 8.83. The van der Waals surface area contributed by atoms with Crippen molar-refractivity contribution in [3.05, 3.63) is 17.7 Å². The van der Waals surface area contributed by atoms with E-state index in [0.29, 0.717) is 0 Å². The number of esters is 1. The molecule has 5 nitrogen and oxygen atoms in total. The van der Waals surface area contributed by atoms with Crippen LogP contribution < -0.4 is 0 Å². The van der Waals surface area contributed by atoms with Crippen LogP contribution in [-0.2, 0) is 4.74 Å². The van der Waals surface area contributed by atoms with E-state index in [4.69, 9.17) is 9.84 Å². The summed E-state index contributed by atoms with van der Waals surface area (Å²) in [5.41, 5.74) is -0.115. The molecular weight excluding hydrogens is 416 g/mol. The van der Waals surface area contributed by atoms with E-state index < -0.39 is 25.5 Å². The van der Waals surface area contributed by atoms with Crippen LogP contribution in [0.25, 0.3) is 0 Å². The molecule has 0 radical (unpaired) electrons. The van der Waals surface area contributed by atoms with Crippen LogP contribution in [-0.4, -0.2) is 23.6 Å². The maximum atomic E-state index is 11.5. The Kier molecular flexibility index (Phi) is 4.08. The molecule has 0 saturated carbocycles. The third-order valence-electron chi connectivity index (χ3n) is 1.51. The van der Waals surface area contributed by atoms with Crippen molar-refractivity contribution >= 4 is 53.8 Å². The molecule has 88 valence electrons. The third kappa shape index (κ3) is 3.53. The minimum atomic E-state index is -1.23. The number of rotatable bonds is 1. The van der Waals surface area contributed by atoms with Crippen LogP contribution in [0.2, 0.25) is 0 Å². The SMILES string of the molecule is O=C(OC(Br)(Br)Br)c1cc(O)c(O)c(O)c1. The highest BCUT2D eigenvalue weighted by Crippen LogP contribution is 2.38. The van der Waals surface area contributed by atoms with Crippen molar-refractivity contribution in [3.63, 3.8) is 0 Å². The first-order valence-electron chi connectivity index (χ1n) is 3.75. The van der Waals surface area contributed by atoms with Crippen LogP contribution >= 0.6 is 47.8 Å². The van der Waals surface area contributed by atoms with Crippen molar-refractivity contribution in [1.82, 2.24) is 0 Å². The van der Waals surface area contributed by atoms with E-state index in [0.717, 1.165) is 12.1 Å². The van der Waals surface area contributed by atoms with Crippen molar-refractivity contribution in [2.75, 3.05) is 0 Å². The van der Waals surface area contributed by atoms with Gasteiger partial charge in [0.25, 0.3) is 2.33 Å². The van der Waals surface area contributed by atoms with Gasteiger partial charge in [-0.1, -0.05) is 0 Å². The molecule has 1 rings (SSSR count). The summed E-state index contributed by atoms with van der Waals surface area (Å²) in [5.74, 6) is -2.75. The first-order valence-corrected chi connectivity index (χ1v) is 6.13. The topological polar surface area (TPSA) is 87.0 Å². The molecule has 0 aliphatic heterocycles. The average molecular weight is 421 g/mol. The monoisotopic (exact) mass is 418 g/mol. The average Bonchev–Trinajstić information content (AvgIpc) is 2.10. The lowest BCUT2D eigenvalue weighted by Gasteiger charge is -2.13. The van der Waals surface area contributed by atoms with E-state index in [1.807, 2.05) is 0 Å². The smallest absolute Gasteiger partial charge is 0.341 e. The van der Waals surface area contributed by atoms with Gasteiger partial charge in [0, 0.05) is 0 Å². The number of ether oxygens (including phenoxy) is 1. The molecule has 0 aliphatic rings. The second kappa shape index (κ2) is 4.80. The first kappa shape index (κ1) is 13.6. The number of phenolic OH excluding ortho intramolecular Hbond substituents is 3. The Labute approximate surface area is 115 Å². The molecule has 16 heavy (non-hydrogen) atoms. The molecule has 0 saturated heterocycles. The third-order valence-corrected chi connectivity index (χ3v) is 2.00. The number of benzene rings is 1. The zero-order valence-corrected chi connectivity index (χ0v) is 12.2. The zero-order valence-electron chi connectivity index (χ0n) is 7.45. The van der Waals surface area contributed by atoms with Gasteiger partial charge in [-0.2, -0.15) is 0 Å². The Bertz CT molecular complexity index is 403. The minimum absolute atomic E-state index is 0.115. The molecule has 0 heterocycles. The Morgan fingerprint density at radius 2 is 1.56 bits per heavy atom. The molecule has 0 aromatic heterocycles. The molecule has 0 unspecified atom stereocenters. The second-order valence-corrected chi connectivity index (χ2v) is 9.24. The lowest BCUT2D eigenvalue weighted by molar-refractivity contribution is 0.0536.